The maximum Gasteiger partial charge on any atom is 0.339 e. The van der Waals surface area contributed by atoms with Gasteiger partial charge in [-0.1, -0.05) is 48.3 Å². The molecule has 0 aromatic heterocycles. The van der Waals surface area contributed by atoms with E-state index in [-0.39, 0.29) is 37.6 Å². The summed E-state index contributed by atoms with van der Waals surface area (Å²) in [6.45, 7) is 6.94. The van der Waals surface area contributed by atoms with Crippen molar-refractivity contribution in [1.29, 1.82) is 0 Å². The smallest absolute Gasteiger partial charge is 0.339 e. The zero-order valence-corrected chi connectivity index (χ0v) is 23.9. The highest BCUT2D eigenvalue weighted by Gasteiger charge is 2.53. The van der Waals surface area contributed by atoms with Crippen molar-refractivity contribution in [3.05, 3.63) is 106 Å². The van der Waals surface area contributed by atoms with E-state index in [0.29, 0.717) is 22.3 Å². The molecule has 4 aliphatic rings. The molecule has 0 radical (unpaired) electrons. The molecule has 42 heavy (non-hydrogen) atoms. The molecule has 4 rings (SSSR count). The minimum atomic E-state index is -1.82. The Labute approximate surface area is 244 Å². The van der Waals surface area contributed by atoms with Crippen LogP contribution in [0.25, 0.3) is 0 Å². The first-order valence-corrected chi connectivity index (χ1v) is 13.7. The third-order valence-electron chi connectivity index (χ3n) is 6.69. The zero-order valence-electron chi connectivity index (χ0n) is 23.9. The van der Waals surface area contributed by atoms with Gasteiger partial charge in [0.15, 0.2) is 10.8 Å². The van der Waals surface area contributed by atoms with Gasteiger partial charge < -0.3 is 18.9 Å². The Hall–Kier alpha value is -5.08. The minimum Gasteiger partial charge on any atom is -0.464 e. The van der Waals surface area contributed by atoms with Gasteiger partial charge in [-0.2, -0.15) is 0 Å². The number of carbonyl (C=O) groups excluding carboxylic acids is 4. The van der Waals surface area contributed by atoms with Crippen molar-refractivity contribution >= 4 is 23.9 Å². The largest absolute Gasteiger partial charge is 0.464 e. The van der Waals surface area contributed by atoms with E-state index in [2.05, 4.69) is 23.3 Å². The van der Waals surface area contributed by atoms with E-state index >= 15 is 0 Å². The zero-order chi connectivity index (χ0) is 30.3. The highest BCUT2D eigenvalue weighted by Crippen LogP contribution is 2.49. The molecule has 2 unspecified atom stereocenters. The molecule has 2 atom stereocenters. The Morgan fingerprint density at radius 2 is 1.00 bits per heavy atom. The van der Waals surface area contributed by atoms with Crippen LogP contribution in [0.15, 0.2) is 106 Å². The van der Waals surface area contributed by atoms with E-state index in [0.717, 1.165) is 0 Å². The van der Waals surface area contributed by atoms with Crippen molar-refractivity contribution in [1.82, 2.24) is 0 Å². The summed E-state index contributed by atoms with van der Waals surface area (Å²) in [7, 11) is 0. The number of esters is 4. The van der Waals surface area contributed by atoms with Crippen molar-refractivity contribution in [2.45, 2.75) is 27.7 Å². The van der Waals surface area contributed by atoms with Crippen molar-refractivity contribution in [2.75, 3.05) is 26.4 Å². The lowest BCUT2D eigenvalue weighted by Crippen LogP contribution is -2.33. The summed E-state index contributed by atoms with van der Waals surface area (Å²) in [5, 5.41) is 0. The molecule has 0 saturated carbocycles. The average Bonchev–Trinajstić information content (AvgIpc) is 3.18. The Bertz CT molecular complexity index is 1500. The normalized spacial score (nSPS) is 22.8. The van der Waals surface area contributed by atoms with E-state index in [9.17, 15) is 19.2 Å². The monoisotopic (exact) mass is 566 g/mol. The van der Waals surface area contributed by atoms with Crippen molar-refractivity contribution < 1.29 is 38.1 Å². The van der Waals surface area contributed by atoms with Crippen molar-refractivity contribution in [2.24, 2.45) is 10.8 Å². The van der Waals surface area contributed by atoms with Gasteiger partial charge in [0, 0.05) is 22.3 Å². The van der Waals surface area contributed by atoms with Gasteiger partial charge in [-0.05, 0) is 52.0 Å². The molecule has 0 bridgehead atoms. The number of hydrogen-bond donors (Lipinski definition) is 0. The van der Waals surface area contributed by atoms with E-state index < -0.39 is 34.7 Å². The molecule has 0 heterocycles. The van der Waals surface area contributed by atoms with Gasteiger partial charge in [-0.3, -0.25) is 0 Å². The molecule has 0 aromatic carbocycles. The third kappa shape index (κ3) is 5.20. The molecule has 0 amide bonds. The first-order valence-electron chi connectivity index (χ1n) is 13.7. The number of rotatable bonds is 8. The molecule has 0 aromatic rings. The number of carbonyl (C=O) groups is 4. The fourth-order valence-electron chi connectivity index (χ4n) is 4.91. The second kappa shape index (κ2) is 12.6. The Morgan fingerprint density at radius 3 is 1.36 bits per heavy atom. The molecule has 8 nitrogen and oxygen atoms in total. The van der Waals surface area contributed by atoms with E-state index in [1.807, 2.05) is 0 Å². The molecule has 0 saturated heterocycles. The molecule has 214 valence electrons. The Balaban J connectivity index is 2.06. The molecule has 0 aliphatic heterocycles. The molecule has 0 N–H and O–H groups in total. The van der Waals surface area contributed by atoms with Crippen molar-refractivity contribution in [3.63, 3.8) is 0 Å². The maximum atomic E-state index is 13.8. The fraction of sp³-hybridized carbons (Fsp3) is 0.294. The standard InChI is InChI=1S/C34H30O8/c1-5-39-29(35)25-21-33(31(37)41-7-3,27-17-13-9-11-15-23(25)27)19-20-34(32(38)42-8-4)22-26(30(36)40-6-2)24-16-12-10-14-18-28(24)34/h9-14,17-18,21-22H,5-8H2,1-4H3. The van der Waals surface area contributed by atoms with Gasteiger partial charge in [0.2, 0.25) is 0 Å². The first-order chi connectivity index (χ1) is 20.3. The van der Waals surface area contributed by atoms with Crippen LogP contribution in [0.4, 0.5) is 0 Å². The van der Waals surface area contributed by atoms with Crippen LogP contribution in [0.2, 0.25) is 0 Å². The van der Waals surface area contributed by atoms with E-state index in [1.54, 1.807) is 76.3 Å². The molecule has 4 aliphatic carbocycles. The minimum absolute atomic E-state index is 0.0341. The molecular weight excluding hydrogens is 536 g/mol. The quantitative estimate of drug-likeness (QED) is 0.186. The van der Waals surface area contributed by atoms with Crippen LogP contribution in [-0.4, -0.2) is 50.3 Å². The van der Waals surface area contributed by atoms with Gasteiger partial charge >= 0.3 is 23.9 Å². The van der Waals surface area contributed by atoms with Gasteiger partial charge in [0.25, 0.3) is 0 Å². The average molecular weight is 567 g/mol. The molecular formula is C34H30O8. The fourth-order valence-corrected chi connectivity index (χ4v) is 4.91. The molecule has 0 spiro atoms. The van der Waals surface area contributed by atoms with Crippen LogP contribution in [-0.2, 0) is 38.1 Å². The predicted molar refractivity (Wildman–Crippen MR) is 153 cm³/mol. The molecule has 0 fully saturated rings. The van der Waals surface area contributed by atoms with Gasteiger partial charge in [-0.15, -0.1) is 11.5 Å². The lowest BCUT2D eigenvalue weighted by Gasteiger charge is -2.24. The summed E-state index contributed by atoms with van der Waals surface area (Å²) >= 11 is 0. The van der Waals surface area contributed by atoms with Crippen LogP contribution in [0.1, 0.15) is 27.7 Å². The van der Waals surface area contributed by atoms with E-state index in [4.69, 9.17) is 18.9 Å². The summed E-state index contributed by atoms with van der Waals surface area (Å²) in [6.07, 6.45) is 16.1. The van der Waals surface area contributed by atoms with Gasteiger partial charge in [0.1, 0.15) is 0 Å². The number of ether oxygens (including phenoxy) is 4. The second-order valence-corrected chi connectivity index (χ2v) is 9.17. The van der Waals surface area contributed by atoms with E-state index in [1.165, 1.54) is 12.2 Å². The van der Waals surface area contributed by atoms with Crippen molar-refractivity contribution in [3.8, 4) is 11.8 Å². The lowest BCUT2D eigenvalue weighted by molar-refractivity contribution is -0.149. The first kappa shape index (κ1) is 29.9. The SMILES string of the molecule is CCOC(=O)C1=CC(C#CC2(C(=O)OCC)C=C(C(=O)OCC)C3=C=CC=CC=C32)(C(=O)OCC)C2=CC=CC=C=C12. The number of allylic oxidation sites excluding steroid dienone is 6. The second-order valence-electron chi connectivity index (χ2n) is 9.17. The topological polar surface area (TPSA) is 105 Å². The highest BCUT2D eigenvalue weighted by molar-refractivity contribution is 6.05. The number of fused-ring (bicyclic) bond motifs is 2. The molecule has 8 heteroatoms. The predicted octanol–water partition coefficient (Wildman–Crippen LogP) is 4.25. The summed E-state index contributed by atoms with van der Waals surface area (Å²) < 4.78 is 21.5. The lowest BCUT2D eigenvalue weighted by atomic mass is 9.77. The van der Waals surface area contributed by atoms with Gasteiger partial charge in [-0.25, -0.2) is 19.2 Å². The van der Waals surface area contributed by atoms with Crippen LogP contribution in [0.3, 0.4) is 0 Å². The summed E-state index contributed by atoms with van der Waals surface area (Å²) in [5.41, 5.74) is 3.93. The summed E-state index contributed by atoms with van der Waals surface area (Å²) in [4.78, 5) is 53.6. The Morgan fingerprint density at radius 1 is 0.619 bits per heavy atom. The van der Waals surface area contributed by atoms with Crippen LogP contribution < -0.4 is 0 Å². The third-order valence-corrected chi connectivity index (χ3v) is 6.69. The highest BCUT2D eigenvalue weighted by atomic mass is 16.5. The van der Waals surface area contributed by atoms with Crippen LogP contribution >= 0.6 is 0 Å². The van der Waals surface area contributed by atoms with Gasteiger partial charge in [0.05, 0.1) is 37.6 Å². The van der Waals surface area contributed by atoms with Crippen LogP contribution in [0.5, 0.6) is 0 Å². The maximum absolute atomic E-state index is 13.8. The van der Waals surface area contributed by atoms with Crippen LogP contribution in [0, 0.1) is 22.7 Å². The Kier molecular flexibility index (Phi) is 8.98. The number of hydrogen-bond acceptors (Lipinski definition) is 8. The summed E-state index contributed by atoms with van der Waals surface area (Å²) in [5.74, 6) is 3.17. The summed E-state index contributed by atoms with van der Waals surface area (Å²) in [6, 6.07) is 0.